The number of hydrogen-bond donors (Lipinski definition) is 1. The molecule has 6 heteroatoms. The van der Waals surface area contributed by atoms with Crippen LogP contribution in [0.25, 0.3) is 0 Å². The van der Waals surface area contributed by atoms with Gasteiger partial charge in [-0.1, -0.05) is 6.07 Å². The molecule has 1 fully saturated rings. The molecule has 2 atom stereocenters. The van der Waals surface area contributed by atoms with Gasteiger partial charge in [0.1, 0.15) is 24.5 Å². The number of aryl methyl sites for hydroxylation is 1. The van der Waals surface area contributed by atoms with Crippen molar-refractivity contribution < 1.29 is 23.0 Å². The number of hydrogen-bond acceptors (Lipinski definition) is 4. The van der Waals surface area contributed by atoms with Gasteiger partial charge in [0.2, 0.25) is 0 Å². The highest BCUT2D eigenvalue weighted by Crippen LogP contribution is 2.25. The maximum absolute atomic E-state index is 12.2. The lowest BCUT2D eigenvalue weighted by atomic mass is 10.1. The summed E-state index contributed by atoms with van der Waals surface area (Å²) in [5.74, 6) is 0.0860. The Morgan fingerprint density at radius 1 is 1.50 bits per heavy atom. The summed E-state index contributed by atoms with van der Waals surface area (Å²) < 4.78 is 34.4. The van der Waals surface area contributed by atoms with E-state index in [1.165, 1.54) is 0 Å². The quantitative estimate of drug-likeness (QED) is 0.845. The van der Waals surface area contributed by atoms with Gasteiger partial charge in [-0.15, -0.1) is 0 Å². The Labute approximate surface area is 116 Å². The minimum Gasteiger partial charge on any atom is -0.487 e. The van der Waals surface area contributed by atoms with Crippen LogP contribution in [-0.2, 0) is 9.53 Å². The first-order valence-corrected chi connectivity index (χ1v) is 6.44. The minimum absolute atomic E-state index is 0.111. The van der Waals surface area contributed by atoms with E-state index in [1.54, 1.807) is 25.1 Å². The van der Waals surface area contributed by atoms with Crippen LogP contribution in [0.3, 0.4) is 0 Å². The molecule has 0 amide bonds. The van der Waals surface area contributed by atoms with E-state index in [9.17, 15) is 13.6 Å². The fraction of sp³-hybridized carbons (Fsp3) is 0.500. The van der Waals surface area contributed by atoms with Gasteiger partial charge in [0.25, 0.3) is 6.43 Å². The number of halogens is 2. The number of alkyl halides is 2. The first kappa shape index (κ1) is 14.6. The molecular formula is C14H17F2NO3. The van der Waals surface area contributed by atoms with Gasteiger partial charge in [-0.3, -0.25) is 0 Å². The molecule has 1 aromatic rings. The molecule has 0 saturated carbocycles. The van der Waals surface area contributed by atoms with Crippen molar-refractivity contribution in [1.29, 1.82) is 0 Å². The van der Waals surface area contributed by atoms with E-state index in [1.807, 2.05) is 6.92 Å². The van der Waals surface area contributed by atoms with E-state index in [4.69, 9.17) is 9.47 Å². The summed E-state index contributed by atoms with van der Waals surface area (Å²) in [5, 5.41) is 3.03. The molecule has 2 rings (SSSR count). The highest BCUT2D eigenvalue weighted by molar-refractivity contribution is 5.81. The SMILES string of the molecule is Cc1ccc(N[C@@H]2C[C@@H](C)OC2=O)cc1OCC(F)F. The molecule has 1 N–H and O–H groups in total. The third-order valence-corrected chi connectivity index (χ3v) is 3.06. The average Bonchev–Trinajstić information content (AvgIpc) is 2.68. The van der Waals surface area contributed by atoms with Gasteiger partial charge >= 0.3 is 5.97 Å². The molecule has 110 valence electrons. The Kier molecular flexibility index (Phi) is 4.42. The number of benzene rings is 1. The van der Waals surface area contributed by atoms with E-state index < -0.39 is 19.1 Å². The molecule has 0 spiro atoms. The van der Waals surface area contributed by atoms with Crippen molar-refractivity contribution >= 4 is 11.7 Å². The fourth-order valence-corrected chi connectivity index (χ4v) is 2.07. The van der Waals surface area contributed by atoms with E-state index in [0.29, 0.717) is 17.9 Å². The maximum Gasteiger partial charge on any atom is 0.328 e. The number of ether oxygens (including phenoxy) is 2. The lowest BCUT2D eigenvalue weighted by Gasteiger charge is -2.14. The van der Waals surface area contributed by atoms with Crippen molar-refractivity contribution in [2.75, 3.05) is 11.9 Å². The number of carbonyl (C=O) groups is 1. The normalized spacial score (nSPS) is 21.9. The molecule has 0 unspecified atom stereocenters. The largest absolute Gasteiger partial charge is 0.487 e. The van der Waals surface area contributed by atoms with Crippen LogP contribution in [-0.4, -0.2) is 31.1 Å². The Balaban J connectivity index is 2.05. The van der Waals surface area contributed by atoms with Crippen LogP contribution in [0.2, 0.25) is 0 Å². The zero-order valence-corrected chi connectivity index (χ0v) is 11.4. The number of rotatable bonds is 5. The number of nitrogens with one attached hydrogen (secondary N) is 1. The second kappa shape index (κ2) is 6.07. The topological polar surface area (TPSA) is 47.6 Å². The van der Waals surface area contributed by atoms with Crippen molar-refractivity contribution in [2.24, 2.45) is 0 Å². The lowest BCUT2D eigenvalue weighted by Crippen LogP contribution is -2.24. The smallest absolute Gasteiger partial charge is 0.328 e. The van der Waals surface area contributed by atoms with E-state index in [-0.39, 0.29) is 12.1 Å². The number of carbonyl (C=O) groups excluding carboxylic acids is 1. The van der Waals surface area contributed by atoms with Gasteiger partial charge in [-0.25, -0.2) is 13.6 Å². The molecule has 20 heavy (non-hydrogen) atoms. The third kappa shape index (κ3) is 3.59. The molecule has 0 bridgehead atoms. The van der Waals surface area contributed by atoms with Crippen molar-refractivity contribution in [3.05, 3.63) is 23.8 Å². The molecule has 0 radical (unpaired) electrons. The summed E-state index contributed by atoms with van der Waals surface area (Å²) in [5.41, 5.74) is 1.41. The van der Waals surface area contributed by atoms with Crippen LogP contribution in [0.1, 0.15) is 18.9 Å². The van der Waals surface area contributed by atoms with Crippen LogP contribution in [0.5, 0.6) is 5.75 Å². The average molecular weight is 285 g/mol. The number of anilines is 1. The highest BCUT2D eigenvalue weighted by atomic mass is 19.3. The van der Waals surface area contributed by atoms with Gasteiger partial charge in [-0.05, 0) is 25.5 Å². The summed E-state index contributed by atoms with van der Waals surface area (Å²) in [6.07, 6.45) is -2.04. The maximum atomic E-state index is 12.2. The third-order valence-electron chi connectivity index (χ3n) is 3.06. The van der Waals surface area contributed by atoms with E-state index in [2.05, 4.69) is 5.32 Å². The van der Waals surface area contributed by atoms with Crippen molar-refractivity contribution in [1.82, 2.24) is 0 Å². The molecule has 1 heterocycles. The first-order valence-electron chi connectivity index (χ1n) is 6.44. The second-order valence-corrected chi connectivity index (χ2v) is 4.86. The first-order chi connectivity index (χ1) is 9.45. The van der Waals surface area contributed by atoms with Crippen LogP contribution < -0.4 is 10.1 Å². The van der Waals surface area contributed by atoms with Gasteiger partial charge in [0.05, 0.1) is 0 Å². The van der Waals surface area contributed by atoms with Gasteiger partial charge in [0.15, 0.2) is 0 Å². The van der Waals surface area contributed by atoms with Crippen LogP contribution in [0.15, 0.2) is 18.2 Å². The monoisotopic (exact) mass is 285 g/mol. The molecule has 1 aromatic carbocycles. The molecule has 1 aliphatic rings. The summed E-state index contributed by atoms with van der Waals surface area (Å²) in [6.45, 7) is 2.95. The van der Waals surface area contributed by atoms with Crippen LogP contribution in [0.4, 0.5) is 14.5 Å². The molecule has 1 aliphatic heterocycles. The molecule has 4 nitrogen and oxygen atoms in total. The van der Waals surface area contributed by atoms with Crippen molar-refractivity contribution in [3.63, 3.8) is 0 Å². The lowest BCUT2D eigenvalue weighted by molar-refractivity contribution is -0.141. The second-order valence-electron chi connectivity index (χ2n) is 4.86. The molecule has 1 saturated heterocycles. The molecule has 0 aliphatic carbocycles. The summed E-state index contributed by atoms with van der Waals surface area (Å²) >= 11 is 0. The minimum atomic E-state index is -2.52. The van der Waals surface area contributed by atoms with Gasteiger partial charge in [0, 0.05) is 18.2 Å². The van der Waals surface area contributed by atoms with E-state index >= 15 is 0 Å². The van der Waals surface area contributed by atoms with Crippen molar-refractivity contribution in [3.8, 4) is 5.75 Å². The Hall–Kier alpha value is -1.85. The Morgan fingerprint density at radius 3 is 2.85 bits per heavy atom. The van der Waals surface area contributed by atoms with Crippen LogP contribution >= 0.6 is 0 Å². The van der Waals surface area contributed by atoms with E-state index in [0.717, 1.165) is 5.56 Å². The van der Waals surface area contributed by atoms with Gasteiger partial charge in [-0.2, -0.15) is 0 Å². The molecular weight excluding hydrogens is 268 g/mol. The zero-order valence-electron chi connectivity index (χ0n) is 11.4. The number of esters is 1. The predicted octanol–water partition coefficient (Wildman–Crippen LogP) is 2.75. The highest BCUT2D eigenvalue weighted by Gasteiger charge is 2.31. The van der Waals surface area contributed by atoms with Crippen molar-refractivity contribution in [2.45, 2.75) is 38.8 Å². The zero-order chi connectivity index (χ0) is 14.7. The number of cyclic esters (lactones) is 1. The van der Waals surface area contributed by atoms with Crippen LogP contribution in [0, 0.1) is 6.92 Å². The Bertz CT molecular complexity index is 493. The standard InChI is InChI=1S/C14H17F2NO3/c1-8-3-4-10(6-12(8)19-7-13(15)16)17-11-5-9(2)20-14(11)18/h3-4,6,9,11,13,17H,5,7H2,1-2H3/t9-,11-/m1/s1. The fourth-order valence-electron chi connectivity index (χ4n) is 2.07. The summed E-state index contributed by atoms with van der Waals surface area (Å²) in [4.78, 5) is 11.5. The predicted molar refractivity (Wildman–Crippen MR) is 70.3 cm³/mol. The van der Waals surface area contributed by atoms with Gasteiger partial charge < -0.3 is 14.8 Å². The Morgan fingerprint density at radius 2 is 2.25 bits per heavy atom. The molecule has 0 aromatic heterocycles. The summed E-state index contributed by atoms with van der Waals surface area (Å²) in [6, 6.07) is 4.75. The summed E-state index contributed by atoms with van der Waals surface area (Å²) in [7, 11) is 0.